The third kappa shape index (κ3) is 5.46. The van der Waals surface area contributed by atoms with Crippen molar-refractivity contribution in [2.45, 2.75) is 6.92 Å². The van der Waals surface area contributed by atoms with Gasteiger partial charge in [-0.15, -0.1) is 0 Å². The molecule has 0 radical (unpaired) electrons. The summed E-state index contributed by atoms with van der Waals surface area (Å²) in [7, 11) is 0. The molecule has 0 aliphatic carbocycles. The fraction of sp³-hybridized carbons (Fsp3) is 0.250. The van der Waals surface area contributed by atoms with Crippen molar-refractivity contribution in [2.75, 3.05) is 18.9 Å². The molecule has 1 amide bonds. The Bertz CT molecular complexity index is 404. The Morgan fingerprint density at radius 2 is 2.29 bits per heavy atom. The van der Waals surface area contributed by atoms with Gasteiger partial charge in [0.15, 0.2) is 0 Å². The number of carbonyl (C=O) groups excluding carboxylic acids is 1. The SMILES string of the molecule is C=C(C)OC(=O)NCCOc1cccc(N)c1. The van der Waals surface area contributed by atoms with E-state index in [1.807, 2.05) is 0 Å². The van der Waals surface area contributed by atoms with Crippen molar-refractivity contribution < 1.29 is 14.3 Å². The van der Waals surface area contributed by atoms with E-state index in [4.69, 9.17) is 15.2 Å². The molecule has 0 aromatic heterocycles. The Labute approximate surface area is 100 Å². The Morgan fingerprint density at radius 3 is 2.94 bits per heavy atom. The molecule has 0 saturated heterocycles. The smallest absolute Gasteiger partial charge is 0.412 e. The number of carbonyl (C=O) groups is 1. The first-order valence-electron chi connectivity index (χ1n) is 5.17. The molecule has 0 atom stereocenters. The van der Waals surface area contributed by atoms with Crippen molar-refractivity contribution >= 4 is 11.8 Å². The lowest BCUT2D eigenvalue weighted by atomic mass is 10.3. The van der Waals surface area contributed by atoms with Crippen LogP contribution in [0.5, 0.6) is 5.75 Å². The molecule has 0 aliphatic heterocycles. The number of alkyl carbamates (subject to hydrolysis) is 1. The second kappa shape index (κ2) is 6.42. The van der Waals surface area contributed by atoms with Gasteiger partial charge in [-0.2, -0.15) is 0 Å². The summed E-state index contributed by atoms with van der Waals surface area (Å²) in [4.78, 5) is 11.0. The standard InChI is InChI=1S/C12H16N2O3/c1-9(2)17-12(15)14-6-7-16-11-5-3-4-10(13)8-11/h3-5,8H,1,6-7,13H2,2H3,(H,14,15). The lowest BCUT2D eigenvalue weighted by molar-refractivity contribution is 0.174. The van der Waals surface area contributed by atoms with Crippen molar-refractivity contribution in [1.29, 1.82) is 0 Å². The minimum Gasteiger partial charge on any atom is -0.492 e. The van der Waals surface area contributed by atoms with Gasteiger partial charge in [-0.1, -0.05) is 12.6 Å². The Hall–Kier alpha value is -2.17. The van der Waals surface area contributed by atoms with Gasteiger partial charge in [0.25, 0.3) is 0 Å². The van der Waals surface area contributed by atoms with Gasteiger partial charge in [-0.3, -0.25) is 0 Å². The van der Waals surface area contributed by atoms with Gasteiger partial charge < -0.3 is 20.5 Å². The van der Waals surface area contributed by atoms with Crippen LogP contribution in [0.3, 0.4) is 0 Å². The third-order valence-electron chi connectivity index (χ3n) is 1.77. The molecule has 1 rings (SSSR count). The van der Waals surface area contributed by atoms with E-state index in [0.29, 0.717) is 30.3 Å². The Kier molecular flexibility index (Phi) is 4.87. The van der Waals surface area contributed by atoms with Crippen molar-refractivity contribution in [3.05, 3.63) is 36.6 Å². The monoisotopic (exact) mass is 236 g/mol. The van der Waals surface area contributed by atoms with E-state index in [9.17, 15) is 4.79 Å². The van der Waals surface area contributed by atoms with Crippen LogP contribution in [0, 0.1) is 0 Å². The maximum atomic E-state index is 11.0. The highest BCUT2D eigenvalue weighted by molar-refractivity contribution is 5.68. The van der Waals surface area contributed by atoms with Gasteiger partial charge in [0.1, 0.15) is 12.4 Å². The van der Waals surface area contributed by atoms with Crippen LogP contribution in [-0.2, 0) is 4.74 Å². The summed E-state index contributed by atoms with van der Waals surface area (Å²) in [5, 5.41) is 2.52. The van der Waals surface area contributed by atoms with E-state index in [0.717, 1.165) is 0 Å². The van der Waals surface area contributed by atoms with Crippen LogP contribution >= 0.6 is 0 Å². The summed E-state index contributed by atoms with van der Waals surface area (Å²) in [5.41, 5.74) is 6.22. The minimum absolute atomic E-state index is 0.342. The highest BCUT2D eigenvalue weighted by atomic mass is 16.6. The van der Waals surface area contributed by atoms with Crippen LogP contribution in [0.25, 0.3) is 0 Å². The number of allylic oxidation sites excluding steroid dienone is 1. The number of anilines is 1. The lowest BCUT2D eigenvalue weighted by Gasteiger charge is -2.08. The molecule has 1 aromatic carbocycles. The molecule has 0 unspecified atom stereocenters. The molecule has 92 valence electrons. The first-order chi connectivity index (χ1) is 8.08. The molecular formula is C12H16N2O3. The van der Waals surface area contributed by atoms with Crippen LogP contribution in [0.15, 0.2) is 36.6 Å². The molecule has 0 spiro atoms. The van der Waals surface area contributed by atoms with Crippen LogP contribution in [-0.4, -0.2) is 19.2 Å². The van der Waals surface area contributed by atoms with Crippen LogP contribution in [0.2, 0.25) is 0 Å². The number of nitrogens with one attached hydrogen (secondary N) is 1. The zero-order valence-corrected chi connectivity index (χ0v) is 9.73. The zero-order valence-electron chi connectivity index (χ0n) is 9.73. The molecule has 5 nitrogen and oxygen atoms in total. The predicted octanol–water partition coefficient (Wildman–Crippen LogP) is 1.91. The quantitative estimate of drug-likeness (QED) is 0.465. The van der Waals surface area contributed by atoms with Gasteiger partial charge in [0.05, 0.1) is 12.3 Å². The predicted molar refractivity (Wildman–Crippen MR) is 65.6 cm³/mol. The van der Waals surface area contributed by atoms with Crippen LogP contribution < -0.4 is 15.8 Å². The average Bonchev–Trinajstić information content (AvgIpc) is 2.23. The van der Waals surface area contributed by atoms with Crippen LogP contribution in [0.1, 0.15) is 6.92 Å². The third-order valence-corrected chi connectivity index (χ3v) is 1.77. The number of benzene rings is 1. The number of nitrogens with two attached hydrogens (primary N) is 1. The topological polar surface area (TPSA) is 73.6 Å². The maximum absolute atomic E-state index is 11.0. The lowest BCUT2D eigenvalue weighted by Crippen LogP contribution is -2.28. The van der Waals surface area contributed by atoms with E-state index >= 15 is 0 Å². The van der Waals surface area contributed by atoms with E-state index in [1.54, 1.807) is 31.2 Å². The zero-order chi connectivity index (χ0) is 12.7. The first kappa shape index (κ1) is 12.9. The van der Waals surface area contributed by atoms with Gasteiger partial charge in [-0.05, 0) is 19.1 Å². The summed E-state index contributed by atoms with van der Waals surface area (Å²) < 4.78 is 10.1. The van der Waals surface area contributed by atoms with Crippen molar-refractivity contribution in [3.8, 4) is 5.75 Å². The van der Waals surface area contributed by atoms with Crippen molar-refractivity contribution in [2.24, 2.45) is 0 Å². The van der Waals surface area contributed by atoms with Gasteiger partial charge in [-0.25, -0.2) is 4.79 Å². The molecule has 0 saturated carbocycles. The second-order valence-corrected chi connectivity index (χ2v) is 3.44. The Balaban J connectivity index is 2.20. The molecule has 0 heterocycles. The maximum Gasteiger partial charge on any atom is 0.412 e. The highest BCUT2D eigenvalue weighted by Crippen LogP contribution is 2.13. The van der Waals surface area contributed by atoms with Gasteiger partial charge >= 0.3 is 6.09 Å². The van der Waals surface area contributed by atoms with Gasteiger partial charge in [0, 0.05) is 11.8 Å². The summed E-state index contributed by atoms with van der Waals surface area (Å²) in [6.45, 7) is 5.74. The molecule has 5 heteroatoms. The number of hydrogen-bond donors (Lipinski definition) is 2. The second-order valence-electron chi connectivity index (χ2n) is 3.44. The van der Waals surface area contributed by atoms with Crippen molar-refractivity contribution in [1.82, 2.24) is 5.32 Å². The number of amides is 1. The molecule has 0 fully saturated rings. The number of hydrogen-bond acceptors (Lipinski definition) is 4. The number of rotatable bonds is 5. The van der Waals surface area contributed by atoms with E-state index in [2.05, 4.69) is 11.9 Å². The van der Waals surface area contributed by atoms with E-state index in [-0.39, 0.29) is 0 Å². The normalized spacial score (nSPS) is 9.47. The molecule has 1 aromatic rings. The number of nitrogen functional groups attached to an aromatic ring is 1. The number of ether oxygens (including phenoxy) is 2. The molecule has 0 aliphatic rings. The first-order valence-corrected chi connectivity index (χ1v) is 5.17. The summed E-state index contributed by atoms with van der Waals surface area (Å²) in [6.07, 6.45) is -0.534. The molecule has 0 bridgehead atoms. The minimum atomic E-state index is -0.534. The fourth-order valence-corrected chi connectivity index (χ4v) is 1.12. The molecular weight excluding hydrogens is 220 g/mol. The molecule has 17 heavy (non-hydrogen) atoms. The van der Waals surface area contributed by atoms with E-state index < -0.39 is 6.09 Å². The summed E-state index contributed by atoms with van der Waals surface area (Å²) in [6, 6.07) is 7.08. The Morgan fingerprint density at radius 1 is 1.53 bits per heavy atom. The largest absolute Gasteiger partial charge is 0.492 e. The highest BCUT2D eigenvalue weighted by Gasteiger charge is 2.01. The molecule has 3 N–H and O–H groups in total. The van der Waals surface area contributed by atoms with Gasteiger partial charge in [0.2, 0.25) is 0 Å². The van der Waals surface area contributed by atoms with E-state index in [1.165, 1.54) is 0 Å². The van der Waals surface area contributed by atoms with Crippen LogP contribution in [0.4, 0.5) is 10.5 Å². The fourth-order valence-electron chi connectivity index (χ4n) is 1.12. The van der Waals surface area contributed by atoms with Crippen molar-refractivity contribution in [3.63, 3.8) is 0 Å². The average molecular weight is 236 g/mol. The summed E-state index contributed by atoms with van der Waals surface area (Å²) >= 11 is 0. The summed E-state index contributed by atoms with van der Waals surface area (Å²) in [5.74, 6) is 1.01.